The molecule has 7 heteroatoms. The van der Waals surface area contributed by atoms with Crippen molar-refractivity contribution < 1.29 is 14.0 Å². The Bertz CT molecular complexity index is 828. The number of amides is 4. The predicted molar refractivity (Wildman–Crippen MR) is 99.7 cm³/mol. The van der Waals surface area contributed by atoms with E-state index in [9.17, 15) is 14.0 Å². The van der Waals surface area contributed by atoms with Crippen LogP contribution in [0.1, 0.15) is 5.56 Å². The maximum Gasteiger partial charge on any atom is 0.321 e. The summed E-state index contributed by atoms with van der Waals surface area (Å²) in [6.07, 6.45) is 0. The molecule has 140 valence electrons. The quantitative estimate of drug-likeness (QED) is 0.906. The van der Waals surface area contributed by atoms with Crippen LogP contribution in [0.25, 0.3) is 0 Å². The molecule has 2 aromatic rings. The fourth-order valence-corrected chi connectivity index (χ4v) is 3.63. The fraction of sp³-hybridized carbons (Fsp3) is 0.300. The first-order valence-electron chi connectivity index (χ1n) is 9.01. The van der Waals surface area contributed by atoms with Gasteiger partial charge in [-0.2, -0.15) is 0 Å². The van der Waals surface area contributed by atoms with Gasteiger partial charge in [-0.05, 0) is 29.8 Å². The van der Waals surface area contributed by atoms with Gasteiger partial charge in [0.25, 0.3) is 0 Å². The average Bonchev–Trinajstić information content (AvgIpc) is 2.99. The molecule has 0 saturated carbocycles. The van der Waals surface area contributed by atoms with E-state index in [-0.39, 0.29) is 23.9 Å². The first kappa shape index (κ1) is 17.3. The fourth-order valence-electron chi connectivity index (χ4n) is 3.63. The molecule has 6 nitrogen and oxygen atoms in total. The maximum atomic E-state index is 13.1. The summed E-state index contributed by atoms with van der Waals surface area (Å²) in [5.41, 5.74) is 1.65. The molecule has 27 heavy (non-hydrogen) atoms. The summed E-state index contributed by atoms with van der Waals surface area (Å²) in [4.78, 5) is 30.5. The van der Waals surface area contributed by atoms with E-state index in [0.29, 0.717) is 32.7 Å². The SMILES string of the molecule is O=C(Nc1ccccc1)N1CCN2C(=O)N(Cc3ccc(F)cc3)C[C@H]2C1. The third-order valence-corrected chi connectivity index (χ3v) is 5.03. The summed E-state index contributed by atoms with van der Waals surface area (Å²) >= 11 is 0. The third kappa shape index (κ3) is 3.72. The van der Waals surface area contributed by atoms with E-state index < -0.39 is 0 Å². The highest BCUT2D eigenvalue weighted by atomic mass is 19.1. The first-order valence-corrected chi connectivity index (χ1v) is 9.01. The normalized spacial score (nSPS) is 19.2. The van der Waals surface area contributed by atoms with Crippen LogP contribution < -0.4 is 5.32 Å². The van der Waals surface area contributed by atoms with Gasteiger partial charge in [-0.15, -0.1) is 0 Å². The zero-order valence-corrected chi connectivity index (χ0v) is 14.8. The molecule has 4 rings (SSSR count). The molecule has 2 saturated heterocycles. The lowest BCUT2D eigenvalue weighted by atomic mass is 10.2. The standard InChI is InChI=1S/C20H21FN4O2/c21-16-8-6-15(7-9-16)12-24-14-18-13-23(10-11-25(18)20(24)27)19(26)22-17-4-2-1-3-5-17/h1-9,18H,10-14H2,(H,22,26)/t18-/m1/s1. The third-order valence-electron chi connectivity index (χ3n) is 5.03. The Morgan fingerprint density at radius 1 is 1.04 bits per heavy atom. The van der Waals surface area contributed by atoms with Crippen molar-refractivity contribution in [2.24, 2.45) is 0 Å². The molecule has 0 aliphatic carbocycles. The molecular formula is C20H21FN4O2. The molecule has 0 bridgehead atoms. The number of rotatable bonds is 3. The number of carbonyl (C=O) groups is 2. The van der Waals surface area contributed by atoms with Gasteiger partial charge in [0.05, 0.1) is 6.04 Å². The molecule has 1 N–H and O–H groups in total. The van der Waals surface area contributed by atoms with Crippen LogP contribution in [-0.2, 0) is 6.54 Å². The van der Waals surface area contributed by atoms with Crippen LogP contribution in [0.3, 0.4) is 0 Å². The van der Waals surface area contributed by atoms with E-state index in [0.717, 1.165) is 11.3 Å². The topological polar surface area (TPSA) is 55.9 Å². The molecule has 0 aromatic heterocycles. The van der Waals surface area contributed by atoms with Crippen LogP contribution >= 0.6 is 0 Å². The number of fused-ring (bicyclic) bond motifs is 1. The Morgan fingerprint density at radius 3 is 2.52 bits per heavy atom. The van der Waals surface area contributed by atoms with Crippen molar-refractivity contribution in [2.45, 2.75) is 12.6 Å². The lowest BCUT2D eigenvalue weighted by Crippen LogP contribution is -2.54. The molecule has 2 aromatic carbocycles. The van der Waals surface area contributed by atoms with E-state index in [1.54, 1.807) is 21.9 Å². The molecular weight excluding hydrogens is 347 g/mol. The Morgan fingerprint density at radius 2 is 1.78 bits per heavy atom. The molecule has 2 aliphatic heterocycles. The predicted octanol–water partition coefficient (Wildman–Crippen LogP) is 2.98. The van der Waals surface area contributed by atoms with Gasteiger partial charge >= 0.3 is 12.1 Å². The average molecular weight is 368 g/mol. The smallest absolute Gasteiger partial charge is 0.321 e. The van der Waals surface area contributed by atoms with Gasteiger partial charge in [-0.25, -0.2) is 14.0 Å². The second kappa shape index (κ2) is 7.26. The minimum Gasteiger partial charge on any atom is -0.321 e. The maximum absolute atomic E-state index is 13.1. The Labute approximate surface area is 157 Å². The highest BCUT2D eigenvalue weighted by Gasteiger charge is 2.41. The van der Waals surface area contributed by atoms with Crippen LogP contribution in [0.2, 0.25) is 0 Å². The minimum absolute atomic E-state index is 0.0202. The van der Waals surface area contributed by atoms with Gasteiger partial charge in [-0.3, -0.25) is 0 Å². The monoisotopic (exact) mass is 368 g/mol. The summed E-state index contributed by atoms with van der Waals surface area (Å²) < 4.78 is 13.1. The highest BCUT2D eigenvalue weighted by Crippen LogP contribution is 2.23. The van der Waals surface area contributed by atoms with Gasteiger partial charge in [0.2, 0.25) is 0 Å². The van der Waals surface area contributed by atoms with Gasteiger partial charge in [0.1, 0.15) is 5.82 Å². The molecule has 0 spiro atoms. The lowest BCUT2D eigenvalue weighted by molar-refractivity contribution is 0.135. The van der Waals surface area contributed by atoms with Crippen LogP contribution in [0.15, 0.2) is 54.6 Å². The number of anilines is 1. The van der Waals surface area contributed by atoms with Gasteiger partial charge in [-0.1, -0.05) is 30.3 Å². The van der Waals surface area contributed by atoms with E-state index in [1.165, 1.54) is 12.1 Å². The molecule has 4 amide bonds. The largest absolute Gasteiger partial charge is 0.321 e. The van der Waals surface area contributed by atoms with Gasteiger partial charge < -0.3 is 20.0 Å². The van der Waals surface area contributed by atoms with E-state index in [1.807, 2.05) is 35.2 Å². The summed E-state index contributed by atoms with van der Waals surface area (Å²) in [7, 11) is 0. The number of piperazine rings is 1. The number of carbonyl (C=O) groups excluding carboxylic acids is 2. The molecule has 0 radical (unpaired) electrons. The molecule has 2 heterocycles. The Balaban J connectivity index is 1.37. The number of urea groups is 2. The summed E-state index contributed by atoms with van der Waals surface area (Å²) in [6.45, 7) is 2.54. The number of nitrogens with one attached hydrogen (secondary N) is 1. The number of para-hydroxylation sites is 1. The van der Waals surface area contributed by atoms with Crippen molar-refractivity contribution >= 4 is 17.7 Å². The number of halogens is 1. The van der Waals surface area contributed by atoms with Crippen LogP contribution in [0, 0.1) is 5.82 Å². The molecule has 2 fully saturated rings. The summed E-state index contributed by atoms with van der Waals surface area (Å²) in [5, 5.41) is 2.89. The van der Waals surface area contributed by atoms with Crippen LogP contribution in [0.4, 0.5) is 19.7 Å². The minimum atomic E-state index is -0.288. The molecule has 2 aliphatic rings. The van der Waals surface area contributed by atoms with Gasteiger partial charge in [0.15, 0.2) is 0 Å². The number of nitrogens with zero attached hydrogens (tertiary/aromatic N) is 3. The van der Waals surface area contributed by atoms with Crippen molar-refractivity contribution in [3.8, 4) is 0 Å². The van der Waals surface area contributed by atoms with Crippen LogP contribution in [0.5, 0.6) is 0 Å². The zero-order valence-electron chi connectivity index (χ0n) is 14.8. The highest BCUT2D eigenvalue weighted by molar-refractivity contribution is 5.89. The zero-order chi connectivity index (χ0) is 18.8. The Hall–Kier alpha value is -3.09. The molecule has 1 atom stereocenters. The van der Waals surface area contributed by atoms with Crippen molar-refractivity contribution in [1.29, 1.82) is 0 Å². The molecule has 0 unspecified atom stereocenters. The Kier molecular flexibility index (Phi) is 4.66. The van der Waals surface area contributed by atoms with Crippen LogP contribution in [-0.4, -0.2) is 59.0 Å². The van der Waals surface area contributed by atoms with Crippen molar-refractivity contribution in [1.82, 2.24) is 14.7 Å². The van der Waals surface area contributed by atoms with Crippen molar-refractivity contribution in [3.63, 3.8) is 0 Å². The second-order valence-electron chi connectivity index (χ2n) is 6.88. The summed E-state index contributed by atoms with van der Waals surface area (Å²) in [6, 6.07) is 15.3. The van der Waals surface area contributed by atoms with Crippen molar-refractivity contribution in [3.05, 3.63) is 66.0 Å². The first-order chi connectivity index (χ1) is 13.1. The van der Waals surface area contributed by atoms with E-state index >= 15 is 0 Å². The lowest BCUT2D eigenvalue weighted by Gasteiger charge is -2.36. The number of hydrogen-bond donors (Lipinski definition) is 1. The van der Waals surface area contributed by atoms with Crippen molar-refractivity contribution in [2.75, 3.05) is 31.5 Å². The van der Waals surface area contributed by atoms with E-state index in [2.05, 4.69) is 5.32 Å². The summed E-state index contributed by atoms with van der Waals surface area (Å²) in [5.74, 6) is -0.288. The van der Waals surface area contributed by atoms with E-state index in [4.69, 9.17) is 0 Å². The number of benzene rings is 2. The van der Waals surface area contributed by atoms with Gasteiger partial charge in [0, 0.05) is 38.4 Å². The second-order valence-corrected chi connectivity index (χ2v) is 6.88. The number of hydrogen-bond acceptors (Lipinski definition) is 2.